The van der Waals surface area contributed by atoms with Crippen LogP contribution in [-0.4, -0.2) is 19.6 Å². The molecule has 7 heteroatoms. The fourth-order valence-corrected chi connectivity index (χ4v) is 2.33. The molecule has 0 saturated heterocycles. The topological polar surface area (TPSA) is 47.6 Å². The van der Waals surface area contributed by atoms with Crippen LogP contribution in [0.15, 0.2) is 42.5 Å². The number of carbonyl (C=O) groups excluding carboxylic acids is 1. The number of methoxy groups -OCH3 is 1. The van der Waals surface area contributed by atoms with Crippen LogP contribution in [0.25, 0.3) is 0 Å². The van der Waals surface area contributed by atoms with Crippen molar-refractivity contribution in [2.75, 3.05) is 7.11 Å². The lowest BCUT2D eigenvalue weighted by Crippen LogP contribution is -2.27. The Balaban J connectivity index is 2.14. The van der Waals surface area contributed by atoms with E-state index in [4.69, 9.17) is 16.3 Å². The molecule has 0 aliphatic rings. The Morgan fingerprint density at radius 1 is 1.21 bits per heavy atom. The zero-order valence-electron chi connectivity index (χ0n) is 13.1. The summed E-state index contributed by atoms with van der Waals surface area (Å²) in [6, 6.07) is 10.4. The quantitative estimate of drug-likeness (QED) is 0.833. The Morgan fingerprint density at radius 2 is 1.96 bits per heavy atom. The van der Waals surface area contributed by atoms with Crippen molar-refractivity contribution in [2.24, 2.45) is 0 Å². The molecule has 128 valence electrons. The van der Waals surface area contributed by atoms with Gasteiger partial charge >= 0.3 is 6.61 Å². The molecule has 2 aromatic rings. The molecule has 1 unspecified atom stereocenters. The number of halogens is 3. The molecule has 0 radical (unpaired) electrons. The zero-order chi connectivity index (χ0) is 17.7. The summed E-state index contributed by atoms with van der Waals surface area (Å²) >= 11 is 5.87. The molecule has 0 bridgehead atoms. The highest BCUT2D eigenvalue weighted by atomic mass is 35.5. The molecular weight excluding hydrogens is 340 g/mol. The standard InChI is InChI=1S/C17H16ClF2NO3/c1-10(11-4-3-5-13(8-11)24-17(19)20)21-16(22)14-7-6-12(18)9-15(14)23-2/h3-10,17H,1-2H3,(H,21,22). The third kappa shape index (κ3) is 4.58. The summed E-state index contributed by atoms with van der Waals surface area (Å²) in [7, 11) is 1.44. The maximum atomic E-state index is 12.4. The van der Waals surface area contributed by atoms with E-state index in [1.807, 2.05) is 0 Å². The summed E-state index contributed by atoms with van der Waals surface area (Å²) in [5.74, 6) is 0.0193. The van der Waals surface area contributed by atoms with Gasteiger partial charge in [0.05, 0.1) is 18.7 Å². The molecule has 2 aromatic carbocycles. The number of rotatable bonds is 6. The van der Waals surface area contributed by atoms with E-state index in [-0.39, 0.29) is 11.7 Å². The van der Waals surface area contributed by atoms with Gasteiger partial charge < -0.3 is 14.8 Å². The number of amides is 1. The second-order valence-electron chi connectivity index (χ2n) is 4.99. The van der Waals surface area contributed by atoms with E-state index < -0.39 is 12.7 Å². The minimum absolute atomic E-state index is 0.0349. The number of alkyl halides is 2. The number of ether oxygens (including phenoxy) is 2. The Labute approximate surface area is 143 Å². The third-order valence-electron chi connectivity index (χ3n) is 3.34. The molecule has 1 atom stereocenters. The Bertz CT molecular complexity index is 725. The van der Waals surface area contributed by atoms with Gasteiger partial charge in [-0.2, -0.15) is 8.78 Å². The number of carbonyl (C=O) groups is 1. The summed E-state index contributed by atoms with van der Waals surface area (Å²) < 4.78 is 34.1. The van der Waals surface area contributed by atoms with Gasteiger partial charge in [-0.25, -0.2) is 0 Å². The van der Waals surface area contributed by atoms with E-state index in [9.17, 15) is 13.6 Å². The second kappa shape index (κ2) is 7.97. The first-order chi connectivity index (χ1) is 11.4. The van der Waals surface area contributed by atoms with Gasteiger partial charge in [0.1, 0.15) is 11.5 Å². The lowest BCUT2D eigenvalue weighted by molar-refractivity contribution is -0.0499. The molecule has 0 aliphatic heterocycles. The molecule has 0 saturated carbocycles. The first kappa shape index (κ1) is 18.0. The summed E-state index contributed by atoms with van der Waals surface area (Å²) in [5, 5.41) is 3.23. The van der Waals surface area contributed by atoms with Gasteiger partial charge in [-0.3, -0.25) is 4.79 Å². The van der Waals surface area contributed by atoms with Crippen LogP contribution in [-0.2, 0) is 0 Å². The molecule has 0 spiro atoms. The summed E-state index contributed by atoms with van der Waals surface area (Å²) in [6.45, 7) is -1.16. The Kier molecular flexibility index (Phi) is 5.98. The average molecular weight is 356 g/mol. The summed E-state index contributed by atoms with van der Waals surface area (Å²) in [6.07, 6.45) is 0. The molecule has 0 aliphatic carbocycles. The Hall–Kier alpha value is -2.34. The molecule has 2 rings (SSSR count). The van der Waals surface area contributed by atoms with Crippen LogP contribution in [0.5, 0.6) is 11.5 Å². The van der Waals surface area contributed by atoms with Crippen molar-refractivity contribution in [3.8, 4) is 11.5 Å². The van der Waals surface area contributed by atoms with Gasteiger partial charge in [-0.15, -0.1) is 0 Å². The van der Waals surface area contributed by atoms with Crippen molar-refractivity contribution in [3.05, 3.63) is 58.6 Å². The van der Waals surface area contributed by atoms with E-state index in [1.54, 1.807) is 31.2 Å². The van der Waals surface area contributed by atoms with Gasteiger partial charge in [0, 0.05) is 5.02 Å². The van der Waals surface area contributed by atoms with Crippen LogP contribution in [0.1, 0.15) is 28.9 Å². The first-order valence-corrected chi connectivity index (χ1v) is 7.47. The highest BCUT2D eigenvalue weighted by Gasteiger charge is 2.16. The van der Waals surface area contributed by atoms with Crippen molar-refractivity contribution in [2.45, 2.75) is 19.6 Å². The lowest BCUT2D eigenvalue weighted by Gasteiger charge is -2.17. The van der Waals surface area contributed by atoms with Gasteiger partial charge in [0.25, 0.3) is 5.91 Å². The molecule has 1 N–H and O–H groups in total. The summed E-state index contributed by atoms with van der Waals surface area (Å²) in [4.78, 5) is 12.4. The van der Waals surface area contributed by atoms with Crippen LogP contribution in [0.2, 0.25) is 5.02 Å². The summed E-state index contributed by atoms with van der Waals surface area (Å²) in [5.41, 5.74) is 0.961. The molecule has 24 heavy (non-hydrogen) atoms. The van der Waals surface area contributed by atoms with Crippen molar-refractivity contribution < 1.29 is 23.0 Å². The van der Waals surface area contributed by atoms with Gasteiger partial charge in [-0.1, -0.05) is 23.7 Å². The molecule has 0 heterocycles. The van der Waals surface area contributed by atoms with Crippen LogP contribution in [0.4, 0.5) is 8.78 Å². The van der Waals surface area contributed by atoms with Crippen LogP contribution in [0.3, 0.4) is 0 Å². The largest absolute Gasteiger partial charge is 0.496 e. The predicted molar refractivity (Wildman–Crippen MR) is 87.0 cm³/mol. The minimum atomic E-state index is -2.90. The Morgan fingerprint density at radius 3 is 2.62 bits per heavy atom. The highest BCUT2D eigenvalue weighted by Crippen LogP contribution is 2.25. The van der Waals surface area contributed by atoms with Crippen LogP contribution < -0.4 is 14.8 Å². The van der Waals surface area contributed by atoms with E-state index in [0.29, 0.717) is 21.9 Å². The smallest absolute Gasteiger partial charge is 0.387 e. The molecule has 4 nitrogen and oxygen atoms in total. The fourth-order valence-electron chi connectivity index (χ4n) is 2.17. The van der Waals surface area contributed by atoms with E-state index >= 15 is 0 Å². The molecule has 1 amide bonds. The lowest BCUT2D eigenvalue weighted by atomic mass is 10.1. The zero-order valence-corrected chi connectivity index (χ0v) is 13.8. The monoisotopic (exact) mass is 355 g/mol. The fraction of sp³-hybridized carbons (Fsp3) is 0.235. The van der Waals surface area contributed by atoms with E-state index in [2.05, 4.69) is 10.1 Å². The van der Waals surface area contributed by atoms with Crippen LogP contribution in [0, 0.1) is 0 Å². The van der Waals surface area contributed by atoms with Gasteiger partial charge in [-0.05, 0) is 42.8 Å². The van der Waals surface area contributed by atoms with E-state index in [1.165, 1.54) is 25.3 Å². The predicted octanol–water partition coefficient (Wildman–Crippen LogP) is 4.44. The van der Waals surface area contributed by atoms with Crippen molar-refractivity contribution >= 4 is 17.5 Å². The number of nitrogens with one attached hydrogen (secondary N) is 1. The SMILES string of the molecule is COc1cc(Cl)ccc1C(=O)NC(C)c1cccc(OC(F)F)c1. The van der Waals surface area contributed by atoms with Crippen molar-refractivity contribution in [1.29, 1.82) is 0 Å². The minimum Gasteiger partial charge on any atom is -0.496 e. The molecule has 0 fully saturated rings. The molecular formula is C17H16ClF2NO3. The van der Waals surface area contributed by atoms with Crippen molar-refractivity contribution in [1.82, 2.24) is 5.32 Å². The number of hydrogen-bond donors (Lipinski definition) is 1. The normalized spacial score (nSPS) is 11.9. The highest BCUT2D eigenvalue weighted by molar-refractivity contribution is 6.30. The van der Waals surface area contributed by atoms with Gasteiger partial charge in [0.15, 0.2) is 0 Å². The molecule has 0 aromatic heterocycles. The first-order valence-electron chi connectivity index (χ1n) is 7.10. The number of benzene rings is 2. The van der Waals surface area contributed by atoms with Gasteiger partial charge in [0.2, 0.25) is 0 Å². The number of hydrogen-bond acceptors (Lipinski definition) is 3. The average Bonchev–Trinajstić information content (AvgIpc) is 2.54. The maximum absolute atomic E-state index is 12.4. The third-order valence-corrected chi connectivity index (χ3v) is 3.57. The van der Waals surface area contributed by atoms with Crippen molar-refractivity contribution in [3.63, 3.8) is 0 Å². The van der Waals surface area contributed by atoms with Crippen LogP contribution >= 0.6 is 11.6 Å². The second-order valence-corrected chi connectivity index (χ2v) is 5.43. The maximum Gasteiger partial charge on any atom is 0.387 e. The van der Waals surface area contributed by atoms with E-state index in [0.717, 1.165) is 0 Å².